The van der Waals surface area contributed by atoms with Gasteiger partial charge in [-0.15, -0.1) is 0 Å². The van der Waals surface area contributed by atoms with Crippen LogP contribution in [0.5, 0.6) is 0 Å². The van der Waals surface area contributed by atoms with Crippen LogP contribution in [0, 0.1) is 12.8 Å². The van der Waals surface area contributed by atoms with Crippen molar-refractivity contribution < 1.29 is 13.2 Å². The molecule has 0 unspecified atom stereocenters. The Hall–Kier alpha value is -1.37. The third-order valence-corrected chi connectivity index (χ3v) is 3.56. The quantitative estimate of drug-likeness (QED) is 0.908. The zero-order chi connectivity index (χ0) is 15.5. The monoisotopic (exact) mass is 302 g/mol. The van der Waals surface area contributed by atoms with Crippen molar-refractivity contribution in [3.05, 3.63) is 17.6 Å². The SMILES string of the molecule is CCc1nc(C)cc(NC[C@H]2CCN(CC(F)(F)F)C2)n1. The molecule has 1 N–H and O–H groups in total. The molecule has 2 heterocycles. The molecule has 1 aliphatic rings. The van der Waals surface area contributed by atoms with E-state index < -0.39 is 12.7 Å². The van der Waals surface area contributed by atoms with Gasteiger partial charge in [-0.25, -0.2) is 9.97 Å². The van der Waals surface area contributed by atoms with E-state index in [9.17, 15) is 13.2 Å². The molecule has 7 heteroatoms. The summed E-state index contributed by atoms with van der Waals surface area (Å²) in [5.74, 6) is 1.77. The third kappa shape index (κ3) is 5.15. The van der Waals surface area contributed by atoms with Gasteiger partial charge in [0.25, 0.3) is 0 Å². The first-order valence-electron chi connectivity index (χ1n) is 7.23. The largest absolute Gasteiger partial charge is 0.401 e. The fraction of sp³-hybridized carbons (Fsp3) is 0.714. The van der Waals surface area contributed by atoms with E-state index in [0.29, 0.717) is 19.6 Å². The molecule has 0 bridgehead atoms. The predicted molar refractivity (Wildman–Crippen MR) is 75.2 cm³/mol. The number of aromatic nitrogens is 2. The van der Waals surface area contributed by atoms with Gasteiger partial charge in [-0.2, -0.15) is 13.2 Å². The van der Waals surface area contributed by atoms with Gasteiger partial charge in [0.1, 0.15) is 11.6 Å². The van der Waals surface area contributed by atoms with Gasteiger partial charge in [0.2, 0.25) is 0 Å². The van der Waals surface area contributed by atoms with Crippen molar-refractivity contribution in [2.24, 2.45) is 5.92 Å². The average molecular weight is 302 g/mol. The van der Waals surface area contributed by atoms with Gasteiger partial charge in [0, 0.05) is 31.3 Å². The molecule has 4 nitrogen and oxygen atoms in total. The van der Waals surface area contributed by atoms with Crippen molar-refractivity contribution in [1.82, 2.24) is 14.9 Å². The molecule has 1 saturated heterocycles. The smallest absolute Gasteiger partial charge is 0.370 e. The lowest BCUT2D eigenvalue weighted by atomic mass is 10.1. The maximum atomic E-state index is 12.3. The van der Waals surface area contributed by atoms with Crippen LogP contribution in [0.25, 0.3) is 0 Å². The summed E-state index contributed by atoms with van der Waals surface area (Å²) >= 11 is 0. The van der Waals surface area contributed by atoms with Crippen LogP contribution in [0.1, 0.15) is 24.9 Å². The van der Waals surface area contributed by atoms with Gasteiger partial charge in [-0.05, 0) is 25.8 Å². The van der Waals surface area contributed by atoms with E-state index in [-0.39, 0.29) is 5.92 Å². The van der Waals surface area contributed by atoms with Crippen molar-refractivity contribution in [3.63, 3.8) is 0 Å². The second kappa shape index (κ2) is 6.60. The first kappa shape index (κ1) is 16.0. The van der Waals surface area contributed by atoms with Crippen molar-refractivity contribution in [3.8, 4) is 0 Å². The van der Waals surface area contributed by atoms with E-state index in [2.05, 4.69) is 15.3 Å². The fourth-order valence-electron chi connectivity index (χ4n) is 2.60. The Morgan fingerprint density at radius 3 is 2.81 bits per heavy atom. The van der Waals surface area contributed by atoms with Crippen molar-refractivity contribution in [2.75, 3.05) is 31.5 Å². The van der Waals surface area contributed by atoms with Crippen LogP contribution < -0.4 is 5.32 Å². The zero-order valence-electron chi connectivity index (χ0n) is 12.4. The lowest BCUT2D eigenvalue weighted by Crippen LogP contribution is -2.33. The maximum absolute atomic E-state index is 12.3. The highest BCUT2D eigenvalue weighted by atomic mass is 19.4. The topological polar surface area (TPSA) is 41.1 Å². The molecule has 0 aromatic carbocycles. The molecule has 1 aromatic rings. The van der Waals surface area contributed by atoms with Crippen molar-refractivity contribution >= 4 is 5.82 Å². The van der Waals surface area contributed by atoms with Crippen LogP contribution in [-0.2, 0) is 6.42 Å². The van der Waals surface area contributed by atoms with E-state index >= 15 is 0 Å². The van der Waals surface area contributed by atoms with Crippen LogP contribution in [0.3, 0.4) is 0 Å². The van der Waals surface area contributed by atoms with Gasteiger partial charge in [-0.1, -0.05) is 6.92 Å². The number of nitrogens with one attached hydrogen (secondary N) is 1. The molecule has 0 saturated carbocycles. The van der Waals surface area contributed by atoms with Crippen LogP contribution in [-0.4, -0.2) is 47.2 Å². The summed E-state index contributed by atoms with van der Waals surface area (Å²) in [5.41, 5.74) is 0.898. The van der Waals surface area contributed by atoms with Gasteiger partial charge >= 0.3 is 6.18 Å². The molecule has 21 heavy (non-hydrogen) atoms. The first-order chi connectivity index (χ1) is 9.85. The molecule has 118 valence electrons. The minimum atomic E-state index is -4.11. The van der Waals surface area contributed by atoms with Crippen molar-refractivity contribution in [2.45, 2.75) is 32.9 Å². The lowest BCUT2D eigenvalue weighted by Gasteiger charge is -2.18. The number of hydrogen-bond acceptors (Lipinski definition) is 4. The molecule has 0 spiro atoms. The maximum Gasteiger partial charge on any atom is 0.401 e. The summed E-state index contributed by atoms with van der Waals surface area (Å²) in [4.78, 5) is 10.1. The second-order valence-corrected chi connectivity index (χ2v) is 5.55. The molecule has 1 fully saturated rings. The predicted octanol–water partition coefficient (Wildman–Crippen LogP) is 2.64. The summed E-state index contributed by atoms with van der Waals surface area (Å²) in [6, 6.07) is 1.86. The minimum absolute atomic E-state index is 0.229. The number of nitrogens with zero attached hydrogens (tertiary/aromatic N) is 3. The van der Waals surface area contributed by atoms with E-state index in [0.717, 1.165) is 30.2 Å². The molecule has 0 aliphatic carbocycles. The van der Waals surface area contributed by atoms with Crippen LogP contribution >= 0.6 is 0 Å². The highest BCUT2D eigenvalue weighted by molar-refractivity contribution is 5.35. The van der Waals surface area contributed by atoms with Crippen LogP contribution in [0.4, 0.5) is 19.0 Å². The Morgan fingerprint density at radius 1 is 1.38 bits per heavy atom. The number of rotatable bonds is 5. The molecule has 0 radical (unpaired) electrons. The standard InChI is InChI=1S/C14H21F3N4/c1-3-12-19-10(2)6-13(20-12)18-7-11-4-5-21(8-11)9-14(15,16)17/h6,11H,3-5,7-9H2,1-2H3,(H,18,19,20)/t11-/m1/s1. The van der Waals surface area contributed by atoms with Crippen LogP contribution in [0.15, 0.2) is 6.07 Å². The highest BCUT2D eigenvalue weighted by Crippen LogP contribution is 2.23. The van der Waals surface area contributed by atoms with Gasteiger partial charge in [-0.3, -0.25) is 4.90 Å². The molecule has 2 rings (SSSR count). The molecule has 0 amide bonds. The first-order valence-corrected chi connectivity index (χ1v) is 7.23. The Labute approximate surface area is 122 Å². The number of hydrogen-bond donors (Lipinski definition) is 1. The van der Waals surface area contributed by atoms with Gasteiger partial charge < -0.3 is 5.32 Å². The summed E-state index contributed by atoms with van der Waals surface area (Å²) in [5, 5.41) is 3.23. The third-order valence-electron chi connectivity index (χ3n) is 3.56. The number of halogens is 3. The second-order valence-electron chi connectivity index (χ2n) is 5.55. The highest BCUT2D eigenvalue weighted by Gasteiger charge is 2.34. The van der Waals surface area contributed by atoms with E-state index in [1.807, 2.05) is 19.9 Å². The summed E-state index contributed by atoms with van der Waals surface area (Å²) < 4.78 is 37.0. The van der Waals surface area contributed by atoms with E-state index in [4.69, 9.17) is 0 Å². The van der Waals surface area contributed by atoms with E-state index in [1.54, 1.807) is 0 Å². The number of anilines is 1. The Bertz CT molecular complexity index is 476. The Balaban J connectivity index is 1.83. The zero-order valence-corrected chi connectivity index (χ0v) is 12.4. The average Bonchev–Trinajstić information content (AvgIpc) is 2.81. The molecular weight excluding hydrogens is 281 g/mol. The number of aryl methyl sites for hydroxylation is 2. The lowest BCUT2D eigenvalue weighted by molar-refractivity contribution is -0.143. The minimum Gasteiger partial charge on any atom is -0.370 e. The Morgan fingerprint density at radius 2 is 2.14 bits per heavy atom. The molecule has 1 aromatic heterocycles. The molecular formula is C14H21F3N4. The fourth-order valence-corrected chi connectivity index (χ4v) is 2.60. The van der Waals surface area contributed by atoms with Crippen LogP contribution in [0.2, 0.25) is 0 Å². The van der Waals surface area contributed by atoms with Crippen molar-refractivity contribution in [1.29, 1.82) is 0 Å². The normalized spacial score (nSPS) is 20.0. The van der Waals surface area contributed by atoms with Gasteiger partial charge in [0.15, 0.2) is 0 Å². The molecule has 1 aliphatic heterocycles. The summed E-state index contributed by atoms with van der Waals surface area (Å²) in [6.45, 7) is 4.73. The van der Waals surface area contributed by atoms with Gasteiger partial charge in [0.05, 0.1) is 6.54 Å². The number of alkyl halides is 3. The summed E-state index contributed by atoms with van der Waals surface area (Å²) in [6.07, 6.45) is -2.56. The summed E-state index contributed by atoms with van der Waals surface area (Å²) in [7, 11) is 0. The number of likely N-dealkylation sites (tertiary alicyclic amines) is 1. The Kier molecular flexibility index (Phi) is 5.03. The molecule has 1 atom stereocenters. The van der Waals surface area contributed by atoms with E-state index in [1.165, 1.54) is 4.90 Å².